The monoisotopic (exact) mass is 420 g/mol. The van der Waals surface area contributed by atoms with Gasteiger partial charge in [0.15, 0.2) is 5.82 Å². The standard InChI is InChI=1S/C21H24N8O2/c1-28(2)19(30)14-4-3-5-16(12-14)24-20-25-18(15-6-7-17(22)23-13-15)26-21(27-20)29-8-10-31-11-9-29/h3-7,12-13H,8-11H2,1-2H3,(H2,22,23)(H,24,25,26,27). The van der Waals surface area contributed by atoms with Crippen molar-refractivity contribution in [2.45, 2.75) is 0 Å². The molecule has 1 amide bonds. The number of nitrogens with zero attached hydrogens (tertiary/aromatic N) is 6. The normalized spacial score (nSPS) is 13.7. The van der Waals surface area contributed by atoms with Crippen LogP contribution in [0.5, 0.6) is 0 Å². The molecule has 1 aliphatic heterocycles. The third-order valence-corrected chi connectivity index (χ3v) is 4.73. The van der Waals surface area contributed by atoms with Gasteiger partial charge in [-0.15, -0.1) is 0 Å². The molecule has 3 heterocycles. The fourth-order valence-electron chi connectivity index (χ4n) is 3.11. The molecule has 3 aromatic rings. The molecule has 10 nitrogen and oxygen atoms in total. The van der Waals surface area contributed by atoms with Gasteiger partial charge in [0, 0.05) is 50.2 Å². The highest BCUT2D eigenvalue weighted by Crippen LogP contribution is 2.23. The van der Waals surface area contributed by atoms with Gasteiger partial charge in [-0.05, 0) is 30.3 Å². The van der Waals surface area contributed by atoms with Crippen molar-refractivity contribution < 1.29 is 9.53 Å². The van der Waals surface area contributed by atoms with Gasteiger partial charge in [0.2, 0.25) is 11.9 Å². The molecule has 1 saturated heterocycles. The Morgan fingerprint density at radius 2 is 1.94 bits per heavy atom. The van der Waals surface area contributed by atoms with Gasteiger partial charge in [-0.2, -0.15) is 15.0 Å². The molecule has 0 radical (unpaired) electrons. The summed E-state index contributed by atoms with van der Waals surface area (Å²) in [6.45, 7) is 2.61. The first-order valence-corrected chi connectivity index (χ1v) is 9.89. The fraction of sp³-hybridized carbons (Fsp3) is 0.286. The zero-order valence-electron chi connectivity index (χ0n) is 17.4. The maximum Gasteiger partial charge on any atom is 0.253 e. The molecule has 4 rings (SSSR count). The number of pyridine rings is 1. The molecule has 0 atom stereocenters. The summed E-state index contributed by atoms with van der Waals surface area (Å²) in [6, 6.07) is 10.7. The predicted octanol–water partition coefficient (Wildman–Crippen LogP) is 1.80. The summed E-state index contributed by atoms with van der Waals surface area (Å²) in [5.74, 6) is 1.74. The molecule has 0 spiro atoms. The van der Waals surface area contributed by atoms with Crippen molar-refractivity contribution in [2.75, 3.05) is 56.3 Å². The highest BCUT2D eigenvalue weighted by Gasteiger charge is 2.18. The molecule has 31 heavy (non-hydrogen) atoms. The van der Waals surface area contributed by atoms with Crippen LogP contribution in [0.25, 0.3) is 11.4 Å². The van der Waals surface area contributed by atoms with Crippen LogP contribution in [-0.2, 0) is 4.74 Å². The van der Waals surface area contributed by atoms with Gasteiger partial charge in [0.05, 0.1) is 13.2 Å². The van der Waals surface area contributed by atoms with E-state index in [1.807, 2.05) is 18.2 Å². The maximum absolute atomic E-state index is 12.3. The Kier molecular flexibility index (Phi) is 5.89. The van der Waals surface area contributed by atoms with Crippen LogP contribution in [0, 0.1) is 0 Å². The zero-order valence-corrected chi connectivity index (χ0v) is 17.4. The summed E-state index contributed by atoms with van der Waals surface area (Å²) < 4.78 is 5.44. The second kappa shape index (κ2) is 8.92. The van der Waals surface area contributed by atoms with E-state index < -0.39 is 0 Å². The highest BCUT2D eigenvalue weighted by atomic mass is 16.5. The molecule has 1 fully saturated rings. The van der Waals surface area contributed by atoms with Gasteiger partial charge in [-0.1, -0.05) is 6.07 Å². The third-order valence-electron chi connectivity index (χ3n) is 4.73. The lowest BCUT2D eigenvalue weighted by Gasteiger charge is -2.27. The third kappa shape index (κ3) is 4.86. The van der Waals surface area contributed by atoms with Crippen molar-refractivity contribution in [2.24, 2.45) is 0 Å². The zero-order chi connectivity index (χ0) is 21.8. The predicted molar refractivity (Wildman–Crippen MR) is 118 cm³/mol. The van der Waals surface area contributed by atoms with E-state index in [1.165, 1.54) is 4.90 Å². The van der Waals surface area contributed by atoms with E-state index in [-0.39, 0.29) is 5.91 Å². The number of nitrogens with two attached hydrogens (primary N) is 1. The van der Waals surface area contributed by atoms with E-state index in [1.54, 1.807) is 38.5 Å². The molecule has 3 N–H and O–H groups in total. The lowest BCUT2D eigenvalue weighted by molar-refractivity contribution is 0.0827. The molecule has 0 aliphatic carbocycles. The molecule has 0 bridgehead atoms. The Labute approximate surface area is 180 Å². The minimum Gasteiger partial charge on any atom is -0.384 e. The number of hydrogen-bond acceptors (Lipinski definition) is 9. The van der Waals surface area contributed by atoms with Crippen molar-refractivity contribution in [3.63, 3.8) is 0 Å². The van der Waals surface area contributed by atoms with Gasteiger partial charge in [-0.3, -0.25) is 4.79 Å². The van der Waals surface area contributed by atoms with Crippen LogP contribution in [0.15, 0.2) is 42.6 Å². The van der Waals surface area contributed by atoms with E-state index in [0.29, 0.717) is 61.1 Å². The quantitative estimate of drug-likeness (QED) is 0.636. The average Bonchev–Trinajstić information content (AvgIpc) is 2.79. The van der Waals surface area contributed by atoms with Crippen LogP contribution < -0.4 is 16.0 Å². The minimum absolute atomic E-state index is 0.0815. The number of rotatable bonds is 5. The largest absolute Gasteiger partial charge is 0.384 e. The van der Waals surface area contributed by atoms with Gasteiger partial charge in [0.1, 0.15) is 5.82 Å². The Morgan fingerprint density at radius 1 is 1.13 bits per heavy atom. The summed E-state index contributed by atoms with van der Waals surface area (Å²) in [7, 11) is 3.44. The van der Waals surface area contributed by atoms with E-state index in [0.717, 1.165) is 5.56 Å². The number of benzene rings is 1. The van der Waals surface area contributed by atoms with Crippen LogP contribution in [0.4, 0.5) is 23.4 Å². The van der Waals surface area contributed by atoms with Crippen molar-refractivity contribution in [3.05, 3.63) is 48.2 Å². The van der Waals surface area contributed by atoms with Crippen molar-refractivity contribution in [3.8, 4) is 11.4 Å². The Balaban J connectivity index is 1.69. The molecular weight excluding hydrogens is 396 g/mol. The number of anilines is 4. The summed E-state index contributed by atoms with van der Waals surface area (Å²) in [4.78, 5) is 33.8. The second-order valence-corrected chi connectivity index (χ2v) is 7.26. The number of nitrogen functional groups attached to an aromatic ring is 1. The number of ether oxygens (including phenoxy) is 1. The number of aromatic nitrogens is 4. The lowest BCUT2D eigenvalue weighted by atomic mass is 10.2. The van der Waals surface area contributed by atoms with Gasteiger partial charge < -0.3 is 25.6 Å². The summed E-state index contributed by atoms with van der Waals surface area (Å²) in [5.41, 5.74) is 7.71. The molecule has 0 saturated carbocycles. The first-order chi connectivity index (χ1) is 15.0. The topological polar surface area (TPSA) is 122 Å². The number of morpholine rings is 1. The van der Waals surface area contributed by atoms with Gasteiger partial charge >= 0.3 is 0 Å². The first-order valence-electron chi connectivity index (χ1n) is 9.89. The molecule has 2 aromatic heterocycles. The molecule has 1 aromatic carbocycles. The van der Waals surface area contributed by atoms with E-state index in [4.69, 9.17) is 10.5 Å². The number of amides is 1. The van der Waals surface area contributed by atoms with Crippen LogP contribution in [0.2, 0.25) is 0 Å². The Morgan fingerprint density at radius 3 is 2.65 bits per heavy atom. The maximum atomic E-state index is 12.3. The van der Waals surface area contributed by atoms with Crippen LogP contribution >= 0.6 is 0 Å². The molecule has 1 aliphatic rings. The van der Waals surface area contributed by atoms with E-state index in [9.17, 15) is 4.79 Å². The number of nitrogens with one attached hydrogen (secondary N) is 1. The molecule has 0 unspecified atom stereocenters. The molecule has 160 valence electrons. The van der Waals surface area contributed by atoms with Crippen molar-refractivity contribution in [1.82, 2.24) is 24.8 Å². The van der Waals surface area contributed by atoms with Gasteiger partial charge in [0.25, 0.3) is 5.91 Å². The lowest BCUT2D eigenvalue weighted by Crippen LogP contribution is -2.37. The van der Waals surface area contributed by atoms with Crippen molar-refractivity contribution >= 4 is 29.3 Å². The molecule has 10 heteroatoms. The molecular formula is C21H24N8O2. The van der Waals surface area contributed by atoms with Crippen LogP contribution in [0.1, 0.15) is 10.4 Å². The minimum atomic E-state index is -0.0815. The van der Waals surface area contributed by atoms with Crippen LogP contribution in [0.3, 0.4) is 0 Å². The van der Waals surface area contributed by atoms with Gasteiger partial charge in [-0.25, -0.2) is 4.98 Å². The van der Waals surface area contributed by atoms with E-state index in [2.05, 4.69) is 30.2 Å². The second-order valence-electron chi connectivity index (χ2n) is 7.26. The van der Waals surface area contributed by atoms with Crippen LogP contribution in [-0.4, -0.2) is 71.1 Å². The van der Waals surface area contributed by atoms with E-state index >= 15 is 0 Å². The summed E-state index contributed by atoms with van der Waals surface area (Å²) >= 11 is 0. The SMILES string of the molecule is CN(C)C(=O)c1cccc(Nc2nc(-c3ccc(N)nc3)nc(N3CCOCC3)n2)c1. The highest BCUT2D eigenvalue weighted by molar-refractivity contribution is 5.94. The fourth-order valence-corrected chi connectivity index (χ4v) is 3.11. The number of carbonyl (C=O) groups excluding carboxylic acids is 1. The summed E-state index contributed by atoms with van der Waals surface area (Å²) in [5, 5.41) is 3.20. The Hall–Kier alpha value is -3.79. The number of carbonyl (C=O) groups is 1. The Bertz CT molecular complexity index is 1070. The number of hydrogen-bond donors (Lipinski definition) is 2. The summed E-state index contributed by atoms with van der Waals surface area (Å²) in [6.07, 6.45) is 1.63. The van der Waals surface area contributed by atoms with Crippen molar-refractivity contribution in [1.29, 1.82) is 0 Å². The first kappa shape index (κ1) is 20.5. The average molecular weight is 420 g/mol. The smallest absolute Gasteiger partial charge is 0.253 e.